The summed E-state index contributed by atoms with van der Waals surface area (Å²) in [5, 5.41) is 10.2. The molecule has 15 heavy (non-hydrogen) atoms. The molecule has 1 rings (SSSR count). The van der Waals surface area contributed by atoms with Crippen LogP contribution in [-0.4, -0.2) is 42.0 Å². The predicted octanol–water partition coefficient (Wildman–Crippen LogP) is 1.45. The highest BCUT2D eigenvalue weighted by molar-refractivity contribution is 5.58. The number of carbonyl (C=O) groups is 1. The van der Waals surface area contributed by atoms with E-state index in [1.807, 2.05) is 20.9 Å². The minimum Gasteiger partial charge on any atom is -0.389 e. The third-order valence-electron chi connectivity index (χ3n) is 3.09. The zero-order valence-corrected chi connectivity index (χ0v) is 10.1. The Balaban J connectivity index is 2.41. The van der Waals surface area contributed by atoms with Gasteiger partial charge in [-0.2, -0.15) is 0 Å². The van der Waals surface area contributed by atoms with Gasteiger partial charge in [0, 0.05) is 18.5 Å². The Kier molecular flexibility index (Phi) is 3.90. The largest absolute Gasteiger partial charge is 0.389 e. The van der Waals surface area contributed by atoms with E-state index in [1.165, 1.54) is 0 Å². The Bertz CT molecular complexity index is 220. The molecular weight excluding hydrogens is 190 g/mol. The van der Waals surface area contributed by atoms with Crippen molar-refractivity contribution in [2.45, 2.75) is 45.1 Å². The zero-order valence-electron chi connectivity index (χ0n) is 10.1. The highest BCUT2D eigenvalue weighted by atomic mass is 16.3. The molecule has 1 fully saturated rings. The second kappa shape index (κ2) is 4.62. The Labute approximate surface area is 92.5 Å². The average Bonchev–Trinajstić information content (AvgIpc) is 2.50. The normalized spacial score (nSPS) is 20.9. The molecule has 1 aliphatic rings. The second-order valence-electron chi connectivity index (χ2n) is 5.71. The zero-order chi connectivity index (χ0) is 11.5. The summed E-state index contributed by atoms with van der Waals surface area (Å²) in [7, 11) is 1.97. The van der Waals surface area contributed by atoms with Crippen LogP contribution in [-0.2, 0) is 4.79 Å². The van der Waals surface area contributed by atoms with Crippen LogP contribution >= 0.6 is 0 Å². The van der Waals surface area contributed by atoms with Gasteiger partial charge in [0.1, 0.15) is 6.29 Å². The number of nitrogens with zero attached hydrogens (tertiary/aromatic N) is 1. The van der Waals surface area contributed by atoms with Crippen molar-refractivity contribution in [1.29, 1.82) is 0 Å². The van der Waals surface area contributed by atoms with Crippen molar-refractivity contribution < 1.29 is 9.90 Å². The van der Waals surface area contributed by atoms with Crippen LogP contribution in [0.1, 0.15) is 39.5 Å². The van der Waals surface area contributed by atoms with Gasteiger partial charge in [-0.05, 0) is 19.9 Å². The van der Waals surface area contributed by atoms with Gasteiger partial charge in [0.15, 0.2) is 0 Å². The first kappa shape index (κ1) is 12.7. The molecule has 1 aliphatic carbocycles. The summed E-state index contributed by atoms with van der Waals surface area (Å²) in [6, 6.07) is 0. The van der Waals surface area contributed by atoms with Crippen LogP contribution in [0, 0.1) is 5.41 Å². The molecule has 0 aromatic heterocycles. The van der Waals surface area contributed by atoms with E-state index in [0.717, 1.165) is 32.0 Å². The third-order valence-corrected chi connectivity index (χ3v) is 3.09. The molecule has 0 amide bonds. The number of carbonyl (C=O) groups excluding carboxylic acids is 1. The van der Waals surface area contributed by atoms with E-state index in [-0.39, 0.29) is 5.41 Å². The van der Waals surface area contributed by atoms with Crippen LogP contribution in [0.3, 0.4) is 0 Å². The first-order chi connectivity index (χ1) is 6.87. The molecule has 3 heteroatoms. The minimum absolute atomic E-state index is 0.316. The first-order valence-electron chi connectivity index (χ1n) is 5.74. The molecule has 3 nitrogen and oxygen atoms in total. The van der Waals surface area contributed by atoms with Gasteiger partial charge in [-0.1, -0.05) is 26.7 Å². The van der Waals surface area contributed by atoms with E-state index in [4.69, 9.17) is 0 Å². The van der Waals surface area contributed by atoms with Crippen molar-refractivity contribution in [1.82, 2.24) is 4.90 Å². The molecule has 0 aromatic rings. The first-order valence-corrected chi connectivity index (χ1v) is 5.74. The molecule has 0 heterocycles. The van der Waals surface area contributed by atoms with Crippen molar-refractivity contribution in [2.75, 3.05) is 20.1 Å². The van der Waals surface area contributed by atoms with Crippen molar-refractivity contribution in [3.8, 4) is 0 Å². The third kappa shape index (κ3) is 3.92. The monoisotopic (exact) mass is 213 g/mol. The predicted molar refractivity (Wildman–Crippen MR) is 60.8 cm³/mol. The van der Waals surface area contributed by atoms with Gasteiger partial charge in [-0.25, -0.2) is 0 Å². The Morgan fingerprint density at radius 2 is 1.93 bits per heavy atom. The molecule has 1 N–H and O–H groups in total. The fourth-order valence-electron chi connectivity index (χ4n) is 2.48. The fourth-order valence-corrected chi connectivity index (χ4v) is 2.48. The van der Waals surface area contributed by atoms with E-state index in [9.17, 15) is 9.90 Å². The molecule has 0 bridgehead atoms. The molecule has 0 aromatic carbocycles. The molecule has 0 aliphatic heterocycles. The molecular formula is C12H23NO2. The molecule has 0 atom stereocenters. The Morgan fingerprint density at radius 3 is 2.40 bits per heavy atom. The van der Waals surface area contributed by atoms with Crippen LogP contribution in [0.5, 0.6) is 0 Å². The smallest absolute Gasteiger partial charge is 0.126 e. The summed E-state index contributed by atoms with van der Waals surface area (Å²) in [6.07, 6.45) is 5.04. The van der Waals surface area contributed by atoms with Crippen molar-refractivity contribution in [2.24, 2.45) is 5.41 Å². The SMILES string of the molecule is CN(CC(C)(C)C=O)CC1(O)CCCC1. The van der Waals surface area contributed by atoms with Gasteiger partial charge in [-0.3, -0.25) is 0 Å². The Morgan fingerprint density at radius 1 is 1.40 bits per heavy atom. The lowest BCUT2D eigenvalue weighted by Gasteiger charge is -2.32. The maximum Gasteiger partial charge on any atom is 0.126 e. The molecule has 0 radical (unpaired) electrons. The molecule has 88 valence electrons. The summed E-state index contributed by atoms with van der Waals surface area (Å²) in [4.78, 5) is 12.9. The van der Waals surface area contributed by atoms with Crippen molar-refractivity contribution >= 4 is 6.29 Å². The summed E-state index contributed by atoms with van der Waals surface area (Å²) in [5.41, 5.74) is -0.822. The van der Waals surface area contributed by atoms with Gasteiger partial charge in [0.2, 0.25) is 0 Å². The van der Waals surface area contributed by atoms with Crippen LogP contribution in [0.2, 0.25) is 0 Å². The summed E-state index contributed by atoms with van der Waals surface area (Å²) < 4.78 is 0. The molecule has 1 saturated carbocycles. The van der Waals surface area contributed by atoms with Gasteiger partial charge >= 0.3 is 0 Å². The van der Waals surface area contributed by atoms with Crippen LogP contribution < -0.4 is 0 Å². The van der Waals surface area contributed by atoms with Crippen molar-refractivity contribution in [3.63, 3.8) is 0 Å². The van der Waals surface area contributed by atoms with Crippen LogP contribution in [0.25, 0.3) is 0 Å². The minimum atomic E-state index is -0.506. The molecule has 0 spiro atoms. The van der Waals surface area contributed by atoms with Gasteiger partial charge < -0.3 is 14.8 Å². The van der Waals surface area contributed by atoms with E-state index in [1.54, 1.807) is 0 Å². The average molecular weight is 213 g/mol. The van der Waals surface area contributed by atoms with Crippen LogP contribution in [0.4, 0.5) is 0 Å². The van der Waals surface area contributed by atoms with Gasteiger partial charge in [0.05, 0.1) is 5.60 Å². The molecule has 0 unspecified atom stereocenters. The lowest BCUT2D eigenvalue weighted by molar-refractivity contribution is -0.115. The highest BCUT2D eigenvalue weighted by Crippen LogP contribution is 2.30. The number of hydrogen-bond acceptors (Lipinski definition) is 3. The standard InChI is InChI=1S/C12H23NO2/c1-11(2,10-14)8-13(3)9-12(15)6-4-5-7-12/h10,15H,4-9H2,1-3H3. The molecule has 0 saturated heterocycles. The van der Waals surface area contributed by atoms with E-state index >= 15 is 0 Å². The summed E-state index contributed by atoms with van der Waals surface area (Å²) in [5.74, 6) is 0. The second-order valence-corrected chi connectivity index (χ2v) is 5.71. The summed E-state index contributed by atoms with van der Waals surface area (Å²) >= 11 is 0. The lowest BCUT2D eigenvalue weighted by atomic mass is 9.94. The maximum absolute atomic E-state index is 10.8. The van der Waals surface area contributed by atoms with E-state index in [2.05, 4.69) is 4.90 Å². The van der Waals surface area contributed by atoms with Gasteiger partial charge in [0.25, 0.3) is 0 Å². The van der Waals surface area contributed by atoms with Crippen molar-refractivity contribution in [3.05, 3.63) is 0 Å². The summed E-state index contributed by atoms with van der Waals surface area (Å²) in [6.45, 7) is 5.24. The topological polar surface area (TPSA) is 40.5 Å². The maximum atomic E-state index is 10.8. The van der Waals surface area contributed by atoms with Gasteiger partial charge in [-0.15, -0.1) is 0 Å². The number of likely N-dealkylation sites (N-methyl/N-ethyl adjacent to an activating group) is 1. The van der Waals surface area contributed by atoms with E-state index in [0.29, 0.717) is 13.1 Å². The lowest BCUT2D eigenvalue weighted by Crippen LogP contribution is -2.43. The highest BCUT2D eigenvalue weighted by Gasteiger charge is 2.33. The number of aldehydes is 1. The number of hydrogen-bond donors (Lipinski definition) is 1. The number of aliphatic hydroxyl groups is 1. The van der Waals surface area contributed by atoms with E-state index < -0.39 is 5.60 Å². The fraction of sp³-hybridized carbons (Fsp3) is 0.917. The Hall–Kier alpha value is -0.410. The quantitative estimate of drug-likeness (QED) is 0.703. The number of rotatable bonds is 5. The van der Waals surface area contributed by atoms with Crippen LogP contribution in [0.15, 0.2) is 0 Å².